The number of hydrogen-bond donors (Lipinski definition) is 0. The van der Waals surface area contributed by atoms with Crippen molar-refractivity contribution in [2.75, 3.05) is 0 Å². The average molecular weight is 224 g/mol. The van der Waals surface area contributed by atoms with E-state index in [-0.39, 0.29) is 0 Å². The van der Waals surface area contributed by atoms with Gasteiger partial charge in [0.15, 0.2) is 11.6 Å². The van der Waals surface area contributed by atoms with Gasteiger partial charge < -0.3 is 0 Å². The highest BCUT2D eigenvalue weighted by Crippen LogP contribution is 2.10. The first kappa shape index (κ1) is 10.0. The molecule has 2 aromatic rings. The zero-order valence-electron chi connectivity index (χ0n) is 8.42. The fourth-order valence-electron chi connectivity index (χ4n) is 1.09. The van der Waals surface area contributed by atoms with Gasteiger partial charge in [0.05, 0.1) is 12.4 Å². The van der Waals surface area contributed by atoms with Gasteiger partial charge in [0.25, 0.3) is 0 Å². The van der Waals surface area contributed by atoms with Gasteiger partial charge >= 0.3 is 0 Å². The van der Waals surface area contributed by atoms with Gasteiger partial charge in [0.1, 0.15) is 11.5 Å². The third kappa shape index (κ3) is 2.12. The van der Waals surface area contributed by atoms with E-state index in [4.69, 9.17) is 11.6 Å². The lowest BCUT2D eigenvalue weighted by molar-refractivity contribution is 0.744. The standard InChI is InChI=1S/C9H10ClN5/c1-6(2)9-12-5-15(14-9)8-4-11-3-7(10)13-8/h3-6H,1-2H3. The van der Waals surface area contributed by atoms with Crippen molar-refractivity contribution in [3.8, 4) is 5.82 Å². The molecular weight excluding hydrogens is 214 g/mol. The van der Waals surface area contributed by atoms with E-state index >= 15 is 0 Å². The molecule has 0 N–H and O–H groups in total. The largest absolute Gasteiger partial charge is 0.258 e. The molecule has 0 aliphatic rings. The maximum absolute atomic E-state index is 5.73. The summed E-state index contributed by atoms with van der Waals surface area (Å²) in [6.07, 6.45) is 4.67. The van der Waals surface area contributed by atoms with Crippen LogP contribution in [0.4, 0.5) is 0 Å². The Labute approximate surface area is 92.2 Å². The molecule has 0 saturated heterocycles. The summed E-state index contributed by atoms with van der Waals surface area (Å²) >= 11 is 5.73. The number of hydrogen-bond acceptors (Lipinski definition) is 4. The minimum atomic E-state index is 0.290. The first-order valence-corrected chi connectivity index (χ1v) is 4.94. The predicted molar refractivity (Wildman–Crippen MR) is 56.0 cm³/mol. The van der Waals surface area contributed by atoms with Crippen molar-refractivity contribution in [3.63, 3.8) is 0 Å². The van der Waals surface area contributed by atoms with Crippen LogP contribution in [0.2, 0.25) is 5.15 Å². The fraction of sp³-hybridized carbons (Fsp3) is 0.333. The summed E-state index contributed by atoms with van der Waals surface area (Å²) in [6, 6.07) is 0. The van der Waals surface area contributed by atoms with Crippen LogP contribution in [-0.2, 0) is 0 Å². The molecule has 0 saturated carbocycles. The first-order chi connectivity index (χ1) is 7.16. The average Bonchev–Trinajstić information content (AvgIpc) is 2.66. The Hall–Kier alpha value is -1.49. The second kappa shape index (κ2) is 3.94. The van der Waals surface area contributed by atoms with Crippen LogP contribution in [0.15, 0.2) is 18.7 Å². The third-order valence-corrected chi connectivity index (χ3v) is 2.04. The molecule has 0 aliphatic heterocycles. The zero-order chi connectivity index (χ0) is 10.8. The summed E-state index contributed by atoms with van der Waals surface area (Å²) in [4.78, 5) is 12.2. The summed E-state index contributed by atoms with van der Waals surface area (Å²) in [5.74, 6) is 1.64. The molecule has 0 atom stereocenters. The van der Waals surface area contributed by atoms with Crippen LogP contribution in [0.3, 0.4) is 0 Å². The fourth-order valence-corrected chi connectivity index (χ4v) is 1.24. The maximum Gasteiger partial charge on any atom is 0.175 e. The minimum Gasteiger partial charge on any atom is -0.258 e. The second-order valence-electron chi connectivity index (χ2n) is 3.40. The van der Waals surface area contributed by atoms with Gasteiger partial charge in [-0.1, -0.05) is 25.4 Å². The molecule has 15 heavy (non-hydrogen) atoms. The topological polar surface area (TPSA) is 56.5 Å². The van der Waals surface area contributed by atoms with E-state index in [1.54, 1.807) is 17.2 Å². The van der Waals surface area contributed by atoms with E-state index in [1.165, 1.54) is 6.20 Å². The summed E-state index contributed by atoms with van der Waals surface area (Å²) in [6.45, 7) is 4.06. The molecule has 0 radical (unpaired) electrons. The van der Waals surface area contributed by atoms with Gasteiger partial charge in [-0.3, -0.25) is 4.98 Å². The van der Waals surface area contributed by atoms with Crippen molar-refractivity contribution in [2.45, 2.75) is 19.8 Å². The monoisotopic (exact) mass is 223 g/mol. The Bertz CT molecular complexity index is 465. The molecule has 0 fully saturated rings. The molecule has 2 aromatic heterocycles. The molecular formula is C9H10ClN5. The summed E-state index contributed by atoms with van der Waals surface area (Å²) in [5.41, 5.74) is 0. The van der Waals surface area contributed by atoms with Gasteiger partial charge in [-0.2, -0.15) is 0 Å². The van der Waals surface area contributed by atoms with Gasteiger partial charge in [-0.15, -0.1) is 5.10 Å². The van der Waals surface area contributed by atoms with Crippen LogP contribution in [0.25, 0.3) is 5.82 Å². The number of nitrogens with zero attached hydrogens (tertiary/aromatic N) is 5. The van der Waals surface area contributed by atoms with Crippen LogP contribution in [0.5, 0.6) is 0 Å². The number of rotatable bonds is 2. The lowest BCUT2D eigenvalue weighted by atomic mass is 10.2. The van der Waals surface area contributed by atoms with Crippen molar-refractivity contribution in [1.82, 2.24) is 24.7 Å². The Morgan fingerprint density at radius 3 is 2.73 bits per heavy atom. The molecule has 0 spiro atoms. The van der Waals surface area contributed by atoms with Crippen LogP contribution >= 0.6 is 11.6 Å². The number of aromatic nitrogens is 5. The molecule has 0 aromatic carbocycles. The lowest BCUT2D eigenvalue weighted by Crippen LogP contribution is -2.00. The first-order valence-electron chi connectivity index (χ1n) is 4.56. The van der Waals surface area contributed by atoms with E-state index in [1.807, 2.05) is 13.8 Å². The smallest absolute Gasteiger partial charge is 0.175 e. The molecule has 0 aliphatic carbocycles. The second-order valence-corrected chi connectivity index (χ2v) is 3.79. The zero-order valence-corrected chi connectivity index (χ0v) is 9.18. The molecule has 2 heterocycles. The summed E-state index contributed by atoms with van der Waals surface area (Å²) < 4.78 is 1.56. The van der Waals surface area contributed by atoms with Crippen molar-refractivity contribution in [3.05, 3.63) is 29.7 Å². The molecule has 78 valence electrons. The van der Waals surface area contributed by atoms with E-state index in [0.717, 1.165) is 5.82 Å². The Morgan fingerprint density at radius 2 is 2.13 bits per heavy atom. The van der Waals surface area contributed by atoms with E-state index < -0.39 is 0 Å². The van der Waals surface area contributed by atoms with Crippen molar-refractivity contribution in [1.29, 1.82) is 0 Å². The summed E-state index contributed by atoms with van der Waals surface area (Å²) in [5, 5.41) is 4.61. The minimum absolute atomic E-state index is 0.290. The third-order valence-electron chi connectivity index (χ3n) is 1.85. The molecule has 0 bridgehead atoms. The summed E-state index contributed by atoms with van der Waals surface area (Å²) in [7, 11) is 0. The van der Waals surface area contributed by atoms with Gasteiger partial charge in [-0.05, 0) is 0 Å². The Kier molecular flexibility index (Phi) is 2.64. The van der Waals surface area contributed by atoms with E-state index in [2.05, 4.69) is 20.1 Å². The number of halogens is 1. The Morgan fingerprint density at radius 1 is 1.33 bits per heavy atom. The van der Waals surface area contributed by atoms with E-state index in [0.29, 0.717) is 16.9 Å². The highest BCUT2D eigenvalue weighted by Gasteiger charge is 2.07. The molecule has 2 rings (SSSR count). The molecule has 5 nitrogen and oxygen atoms in total. The predicted octanol–water partition coefficient (Wildman–Crippen LogP) is 1.83. The van der Waals surface area contributed by atoms with Crippen molar-refractivity contribution < 1.29 is 0 Å². The highest BCUT2D eigenvalue weighted by atomic mass is 35.5. The molecule has 0 amide bonds. The van der Waals surface area contributed by atoms with Gasteiger partial charge in [-0.25, -0.2) is 14.6 Å². The van der Waals surface area contributed by atoms with Crippen molar-refractivity contribution >= 4 is 11.6 Å². The van der Waals surface area contributed by atoms with Crippen LogP contribution in [0, 0.1) is 0 Å². The van der Waals surface area contributed by atoms with E-state index in [9.17, 15) is 0 Å². The van der Waals surface area contributed by atoms with Crippen LogP contribution in [-0.4, -0.2) is 24.7 Å². The van der Waals surface area contributed by atoms with Crippen LogP contribution in [0.1, 0.15) is 25.6 Å². The normalized spacial score (nSPS) is 10.9. The Balaban J connectivity index is 2.37. The lowest BCUT2D eigenvalue weighted by Gasteiger charge is -1.99. The van der Waals surface area contributed by atoms with Crippen LogP contribution < -0.4 is 0 Å². The molecule has 6 heteroatoms. The van der Waals surface area contributed by atoms with Gasteiger partial charge in [0.2, 0.25) is 0 Å². The van der Waals surface area contributed by atoms with Crippen molar-refractivity contribution in [2.24, 2.45) is 0 Å². The SMILES string of the molecule is CC(C)c1ncn(-c2cncc(Cl)n2)n1. The van der Waals surface area contributed by atoms with Gasteiger partial charge in [0, 0.05) is 5.92 Å². The highest BCUT2D eigenvalue weighted by molar-refractivity contribution is 6.29. The maximum atomic E-state index is 5.73. The quantitative estimate of drug-likeness (QED) is 0.780. The molecule has 0 unspecified atom stereocenters.